The van der Waals surface area contributed by atoms with Gasteiger partial charge in [-0.25, -0.2) is 0 Å². The standard InChI is InChI=1S/C10H20O.C10H18O/c1-9(2)5-4-6-10(3)7-8-11;1-5-10(4,11)8-6-7-9(2)3/h5,10-11H,4,6-8H2,1-3H3;5,7,11H,1,6,8H2,2-4H3. The second kappa shape index (κ2) is 13.8. The SMILES string of the molecule is C=CC(C)(O)CCC=C(C)C.CC(C)=CCCC(C)CCO. The molecule has 2 atom stereocenters. The summed E-state index contributed by atoms with van der Waals surface area (Å²) in [4.78, 5) is 0. The Kier molecular flexibility index (Phi) is 14.7. The van der Waals surface area contributed by atoms with Crippen molar-refractivity contribution in [3.63, 3.8) is 0 Å². The van der Waals surface area contributed by atoms with Gasteiger partial charge in [0, 0.05) is 6.61 Å². The molecule has 2 heteroatoms. The highest BCUT2D eigenvalue weighted by Gasteiger charge is 2.12. The van der Waals surface area contributed by atoms with Crippen molar-refractivity contribution in [1.29, 1.82) is 0 Å². The molecular formula is C20H38O2. The van der Waals surface area contributed by atoms with Crippen LogP contribution in [0.15, 0.2) is 36.0 Å². The fraction of sp³-hybridized carbons (Fsp3) is 0.700. The van der Waals surface area contributed by atoms with Crippen molar-refractivity contribution in [2.45, 2.75) is 79.2 Å². The Hall–Kier alpha value is -0.860. The molecule has 0 aliphatic rings. The van der Waals surface area contributed by atoms with Crippen LogP contribution in [0.5, 0.6) is 0 Å². The lowest BCUT2D eigenvalue weighted by Gasteiger charge is -2.16. The van der Waals surface area contributed by atoms with Crippen molar-refractivity contribution in [2.24, 2.45) is 5.92 Å². The third kappa shape index (κ3) is 19.1. The van der Waals surface area contributed by atoms with Crippen LogP contribution in [-0.2, 0) is 0 Å². The summed E-state index contributed by atoms with van der Waals surface area (Å²) in [7, 11) is 0. The van der Waals surface area contributed by atoms with Crippen LogP contribution in [0.1, 0.15) is 73.6 Å². The molecule has 0 amide bonds. The largest absolute Gasteiger partial charge is 0.396 e. The van der Waals surface area contributed by atoms with Gasteiger partial charge in [-0.15, -0.1) is 6.58 Å². The van der Waals surface area contributed by atoms with Gasteiger partial charge in [0.2, 0.25) is 0 Å². The van der Waals surface area contributed by atoms with E-state index in [1.807, 2.05) is 0 Å². The lowest BCUT2D eigenvalue weighted by atomic mass is 10.00. The second-order valence-corrected chi connectivity index (χ2v) is 6.86. The van der Waals surface area contributed by atoms with Gasteiger partial charge in [0.15, 0.2) is 0 Å². The maximum Gasteiger partial charge on any atom is 0.0800 e. The molecule has 0 heterocycles. The van der Waals surface area contributed by atoms with Gasteiger partial charge < -0.3 is 10.2 Å². The van der Waals surface area contributed by atoms with Crippen molar-refractivity contribution in [2.75, 3.05) is 6.61 Å². The third-order valence-corrected chi connectivity index (χ3v) is 3.48. The van der Waals surface area contributed by atoms with Crippen molar-refractivity contribution in [3.05, 3.63) is 36.0 Å². The molecule has 2 nitrogen and oxygen atoms in total. The molecule has 0 spiro atoms. The van der Waals surface area contributed by atoms with Crippen LogP contribution in [0.3, 0.4) is 0 Å². The van der Waals surface area contributed by atoms with Gasteiger partial charge in [0.25, 0.3) is 0 Å². The van der Waals surface area contributed by atoms with Crippen molar-refractivity contribution >= 4 is 0 Å². The van der Waals surface area contributed by atoms with Crippen LogP contribution in [-0.4, -0.2) is 22.4 Å². The molecule has 0 aromatic rings. The molecule has 0 bridgehead atoms. The molecule has 0 saturated carbocycles. The molecular weight excluding hydrogens is 272 g/mol. The average molecular weight is 311 g/mol. The number of aliphatic hydroxyl groups excluding tert-OH is 1. The minimum absolute atomic E-state index is 0.329. The average Bonchev–Trinajstić information content (AvgIpc) is 2.38. The first kappa shape index (κ1) is 23.4. The quantitative estimate of drug-likeness (QED) is 0.558. The summed E-state index contributed by atoms with van der Waals surface area (Å²) < 4.78 is 0. The minimum atomic E-state index is -0.702. The summed E-state index contributed by atoms with van der Waals surface area (Å²) in [6.45, 7) is 16.2. The van der Waals surface area contributed by atoms with E-state index in [1.165, 1.54) is 17.6 Å². The molecule has 0 saturated heterocycles. The maximum absolute atomic E-state index is 9.49. The summed E-state index contributed by atoms with van der Waals surface area (Å²) in [6.07, 6.45) is 10.9. The molecule has 0 aliphatic carbocycles. The normalized spacial score (nSPS) is 14.0. The highest BCUT2D eigenvalue weighted by Crippen LogP contribution is 2.13. The predicted octanol–water partition coefficient (Wildman–Crippen LogP) is 5.42. The monoisotopic (exact) mass is 310 g/mol. The summed E-state index contributed by atoms with van der Waals surface area (Å²) in [6, 6.07) is 0. The van der Waals surface area contributed by atoms with E-state index in [9.17, 15) is 5.11 Å². The van der Waals surface area contributed by atoms with E-state index < -0.39 is 5.60 Å². The van der Waals surface area contributed by atoms with E-state index >= 15 is 0 Å². The topological polar surface area (TPSA) is 40.5 Å². The number of rotatable bonds is 9. The molecule has 22 heavy (non-hydrogen) atoms. The molecule has 0 radical (unpaired) electrons. The summed E-state index contributed by atoms with van der Waals surface area (Å²) in [5.41, 5.74) is 1.98. The Morgan fingerprint density at radius 3 is 1.95 bits per heavy atom. The summed E-state index contributed by atoms with van der Waals surface area (Å²) >= 11 is 0. The minimum Gasteiger partial charge on any atom is -0.396 e. The fourth-order valence-corrected chi connectivity index (χ4v) is 1.78. The van der Waals surface area contributed by atoms with E-state index in [0.29, 0.717) is 12.5 Å². The van der Waals surface area contributed by atoms with Gasteiger partial charge in [-0.1, -0.05) is 36.3 Å². The first-order valence-electron chi connectivity index (χ1n) is 8.38. The zero-order valence-corrected chi connectivity index (χ0v) is 15.7. The van der Waals surface area contributed by atoms with Crippen molar-refractivity contribution < 1.29 is 10.2 Å². The number of aliphatic hydroxyl groups is 2. The maximum atomic E-state index is 9.49. The molecule has 130 valence electrons. The Balaban J connectivity index is 0. The lowest BCUT2D eigenvalue weighted by Crippen LogP contribution is -2.19. The van der Waals surface area contributed by atoms with E-state index in [1.54, 1.807) is 13.0 Å². The van der Waals surface area contributed by atoms with Crippen LogP contribution < -0.4 is 0 Å². The van der Waals surface area contributed by atoms with Crippen LogP contribution in [0.2, 0.25) is 0 Å². The highest BCUT2D eigenvalue weighted by atomic mass is 16.3. The number of hydrogen-bond donors (Lipinski definition) is 2. The van der Waals surface area contributed by atoms with E-state index in [-0.39, 0.29) is 0 Å². The summed E-state index contributed by atoms with van der Waals surface area (Å²) in [5, 5.41) is 18.1. The second-order valence-electron chi connectivity index (χ2n) is 6.86. The van der Waals surface area contributed by atoms with Gasteiger partial charge in [0.05, 0.1) is 5.60 Å². The Bertz CT molecular complexity index is 330. The van der Waals surface area contributed by atoms with E-state index in [2.05, 4.69) is 53.3 Å². The first-order chi connectivity index (χ1) is 10.1. The third-order valence-electron chi connectivity index (χ3n) is 3.48. The van der Waals surface area contributed by atoms with Gasteiger partial charge in [-0.3, -0.25) is 0 Å². The molecule has 0 aliphatic heterocycles. The van der Waals surface area contributed by atoms with Gasteiger partial charge in [-0.2, -0.15) is 0 Å². The summed E-state index contributed by atoms with van der Waals surface area (Å²) in [5.74, 6) is 0.663. The Morgan fingerprint density at radius 1 is 1.05 bits per heavy atom. The fourth-order valence-electron chi connectivity index (χ4n) is 1.78. The van der Waals surface area contributed by atoms with Gasteiger partial charge in [-0.05, 0) is 72.6 Å². The van der Waals surface area contributed by atoms with Gasteiger partial charge >= 0.3 is 0 Å². The smallest absolute Gasteiger partial charge is 0.0800 e. The van der Waals surface area contributed by atoms with Crippen LogP contribution in [0.25, 0.3) is 0 Å². The van der Waals surface area contributed by atoms with Crippen LogP contribution in [0.4, 0.5) is 0 Å². The van der Waals surface area contributed by atoms with Crippen molar-refractivity contribution in [1.82, 2.24) is 0 Å². The molecule has 2 unspecified atom stereocenters. The number of hydrogen-bond acceptors (Lipinski definition) is 2. The van der Waals surface area contributed by atoms with Gasteiger partial charge in [0.1, 0.15) is 0 Å². The zero-order valence-electron chi connectivity index (χ0n) is 15.7. The molecule has 0 fully saturated rings. The molecule has 0 rings (SSSR count). The van der Waals surface area contributed by atoms with E-state index in [0.717, 1.165) is 25.7 Å². The molecule has 0 aromatic heterocycles. The predicted molar refractivity (Wildman–Crippen MR) is 99.0 cm³/mol. The first-order valence-corrected chi connectivity index (χ1v) is 8.38. The van der Waals surface area contributed by atoms with Crippen LogP contribution >= 0.6 is 0 Å². The molecule has 2 N–H and O–H groups in total. The Labute approximate surface area is 138 Å². The zero-order chi connectivity index (χ0) is 17.6. The van der Waals surface area contributed by atoms with E-state index in [4.69, 9.17) is 5.11 Å². The number of allylic oxidation sites excluding steroid dienone is 4. The Morgan fingerprint density at radius 2 is 1.55 bits per heavy atom. The lowest BCUT2D eigenvalue weighted by molar-refractivity contribution is 0.103. The van der Waals surface area contributed by atoms with Crippen molar-refractivity contribution in [3.8, 4) is 0 Å². The van der Waals surface area contributed by atoms with Crippen LogP contribution in [0, 0.1) is 5.92 Å². The molecule has 0 aromatic carbocycles. The highest BCUT2D eigenvalue weighted by molar-refractivity contribution is 4.97.